The van der Waals surface area contributed by atoms with Crippen LogP contribution < -0.4 is 10.6 Å². The Morgan fingerprint density at radius 2 is 1.57 bits per heavy atom. The van der Waals surface area contributed by atoms with Gasteiger partial charge in [0.2, 0.25) is 5.91 Å². The van der Waals surface area contributed by atoms with Gasteiger partial charge in [0.25, 0.3) is 0 Å². The minimum atomic E-state index is -1.39. The molecule has 186 valence electrons. The summed E-state index contributed by atoms with van der Waals surface area (Å²) in [6, 6.07) is 14.7. The van der Waals surface area contributed by atoms with Crippen molar-refractivity contribution in [2.45, 2.75) is 38.6 Å². The average Bonchev–Trinajstić information content (AvgIpc) is 3.14. The second-order valence-corrected chi connectivity index (χ2v) is 9.26. The molecule has 35 heavy (non-hydrogen) atoms. The zero-order valence-corrected chi connectivity index (χ0v) is 20.0. The summed E-state index contributed by atoms with van der Waals surface area (Å²) in [6.45, 7) is 3.82. The molecule has 0 radical (unpaired) electrons. The first-order valence-electron chi connectivity index (χ1n) is 11.3. The Kier molecular flexibility index (Phi) is 8.11. The predicted octanol–water partition coefficient (Wildman–Crippen LogP) is 3.07. The summed E-state index contributed by atoms with van der Waals surface area (Å²) in [4.78, 5) is 47.4. The number of carboxylic acid groups (broad SMARTS) is 1. The molecule has 3 N–H and O–H groups in total. The zero-order valence-electron chi connectivity index (χ0n) is 20.0. The van der Waals surface area contributed by atoms with E-state index < -0.39 is 41.8 Å². The van der Waals surface area contributed by atoms with Gasteiger partial charge in [-0.2, -0.15) is 0 Å². The molecule has 2 aromatic carbocycles. The number of carboxylic acids is 1. The van der Waals surface area contributed by atoms with Gasteiger partial charge in [0.15, 0.2) is 0 Å². The number of benzene rings is 2. The first-order valence-corrected chi connectivity index (χ1v) is 11.3. The van der Waals surface area contributed by atoms with Gasteiger partial charge in [-0.3, -0.25) is 9.59 Å². The van der Waals surface area contributed by atoms with Crippen molar-refractivity contribution in [2.24, 2.45) is 5.41 Å². The van der Waals surface area contributed by atoms with Crippen molar-refractivity contribution in [3.63, 3.8) is 0 Å². The number of carbonyl (C=O) groups is 4. The number of methoxy groups -OCH3 is 1. The van der Waals surface area contributed by atoms with Gasteiger partial charge >= 0.3 is 18.0 Å². The number of nitrogens with one attached hydrogen (secondary N) is 2. The van der Waals surface area contributed by atoms with E-state index in [-0.39, 0.29) is 25.5 Å². The van der Waals surface area contributed by atoms with E-state index in [0.717, 1.165) is 29.4 Å². The quantitative estimate of drug-likeness (QED) is 0.444. The van der Waals surface area contributed by atoms with Gasteiger partial charge in [0.1, 0.15) is 12.6 Å². The standard InChI is InChI=1S/C26H30N2O7/c1-26(2,13-22(29)28-21(24(31)32)12-23(30)34-3)15-27-25(33)35-14-20-18-10-6-4-8-16(18)17-9-5-7-11-19(17)20/h4-11,20-21H,12-15H2,1-3H3,(H,27,33)(H,28,29)(H,31,32)/t21-/m1/s1. The lowest BCUT2D eigenvalue weighted by Gasteiger charge is -2.25. The Balaban J connectivity index is 1.51. The molecule has 3 rings (SSSR count). The van der Waals surface area contributed by atoms with Crippen LogP contribution in [-0.2, 0) is 23.9 Å². The third-order valence-electron chi connectivity index (χ3n) is 5.93. The summed E-state index contributed by atoms with van der Waals surface area (Å²) in [5.74, 6) is -2.69. The first kappa shape index (κ1) is 25.7. The Labute approximate surface area is 203 Å². The number of hydrogen-bond acceptors (Lipinski definition) is 6. The summed E-state index contributed by atoms with van der Waals surface area (Å²) >= 11 is 0. The molecule has 0 saturated heterocycles. The van der Waals surface area contributed by atoms with E-state index in [1.807, 2.05) is 36.4 Å². The van der Waals surface area contributed by atoms with Gasteiger partial charge < -0.3 is 25.2 Å². The van der Waals surface area contributed by atoms with Gasteiger partial charge in [0.05, 0.1) is 13.5 Å². The van der Waals surface area contributed by atoms with Gasteiger partial charge in [-0.15, -0.1) is 0 Å². The highest BCUT2D eigenvalue weighted by Gasteiger charge is 2.30. The van der Waals surface area contributed by atoms with E-state index >= 15 is 0 Å². The summed E-state index contributed by atoms with van der Waals surface area (Å²) in [5.41, 5.74) is 3.80. The zero-order chi connectivity index (χ0) is 25.6. The number of amides is 2. The number of hydrogen-bond donors (Lipinski definition) is 3. The van der Waals surface area contributed by atoms with Crippen molar-refractivity contribution in [3.8, 4) is 11.1 Å². The van der Waals surface area contributed by atoms with Crippen LogP contribution in [-0.4, -0.2) is 55.3 Å². The Morgan fingerprint density at radius 3 is 2.11 bits per heavy atom. The number of esters is 1. The van der Waals surface area contributed by atoms with E-state index in [0.29, 0.717) is 0 Å². The molecule has 1 aliphatic rings. The molecule has 0 heterocycles. The molecule has 0 fully saturated rings. The molecule has 9 nitrogen and oxygen atoms in total. The lowest BCUT2D eigenvalue weighted by Crippen LogP contribution is -2.45. The molecule has 0 aromatic heterocycles. The maximum absolute atomic E-state index is 12.4. The highest BCUT2D eigenvalue weighted by atomic mass is 16.5. The van der Waals surface area contributed by atoms with E-state index in [1.54, 1.807) is 13.8 Å². The third kappa shape index (κ3) is 6.59. The summed E-state index contributed by atoms with van der Waals surface area (Å²) in [5, 5.41) is 14.2. The van der Waals surface area contributed by atoms with E-state index in [9.17, 15) is 24.3 Å². The van der Waals surface area contributed by atoms with Crippen LogP contribution in [0, 0.1) is 5.41 Å². The van der Waals surface area contributed by atoms with Crippen LogP contribution in [0.25, 0.3) is 11.1 Å². The Morgan fingerprint density at radius 1 is 1.00 bits per heavy atom. The van der Waals surface area contributed by atoms with Crippen LogP contribution >= 0.6 is 0 Å². The minimum Gasteiger partial charge on any atom is -0.480 e. The molecule has 1 atom stereocenters. The number of aliphatic carboxylic acids is 1. The number of fused-ring (bicyclic) bond motifs is 3. The monoisotopic (exact) mass is 482 g/mol. The molecule has 0 unspecified atom stereocenters. The molecule has 9 heteroatoms. The largest absolute Gasteiger partial charge is 0.480 e. The molecular weight excluding hydrogens is 452 g/mol. The maximum atomic E-state index is 12.4. The summed E-state index contributed by atoms with van der Waals surface area (Å²) in [7, 11) is 1.14. The molecule has 2 amide bonds. The summed E-state index contributed by atoms with van der Waals surface area (Å²) < 4.78 is 9.97. The van der Waals surface area contributed by atoms with Crippen LogP contribution in [0.5, 0.6) is 0 Å². The fraction of sp³-hybridized carbons (Fsp3) is 0.385. The van der Waals surface area contributed by atoms with Crippen LogP contribution in [0.15, 0.2) is 48.5 Å². The van der Waals surface area contributed by atoms with Crippen molar-refractivity contribution in [3.05, 3.63) is 59.7 Å². The number of carbonyl (C=O) groups excluding carboxylic acids is 3. The van der Waals surface area contributed by atoms with Crippen LogP contribution in [0.2, 0.25) is 0 Å². The molecule has 0 spiro atoms. The minimum absolute atomic E-state index is 0.0605. The van der Waals surface area contributed by atoms with Crippen molar-refractivity contribution in [1.29, 1.82) is 0 Å². The van der Waals surface area contributed by atoms with Crippen molar-refractivity contribution >= 4 is 23.9 Å². The normalized spacial score (nSPS) is 13.2. The molecule has 2 aromatic rings. The van der Waals surface area contributed by atoms with Crippen LogP contribution in [0.3, 0.4) is 0 Å². The van der Waals surface area contributed by atoms with Gasteiger partial charge in [-0.05, 0) is 27.7 Å². The predicted molar refractivity (Wildman–Crippen MR) is 128 cm³/mol. The average molecular weight is 483 g/mol. The lowest BCUT2D eigenvalue weighted by molar-refractivity contribution is -0.148. The van der Waals surface area contributed by atoms with E-state index in [4.69, 9.17) is 4.74 Å². The first-order chi connectivity index (χ1) is 16.6. The SMILES string of the molecule is COC(=O)C[C@@H](NC(=O)CC(C)(C)CNC(=O)OCC1c2ccccc2-c2ccccc21)C(=O)O. The second-order valence-electron chi connectivity index (χ2n) is 9.26. The maximum Gasteiger partial charge on any atom is 0.407 e. The van der Waals surface area contributed by atoms with Gasteiger partial charge in [-0.25, -0.2) is 9.59 Å². The molecule has 0 aliphatic heterocycles. The Hall–Kier alpha value is -3.88. The lowest BCUT2D eigenvalue weighted by atomic mass is 9.88. The molecular formula is C26H30N2O7. The van der Waals surface area contributed by atoms with Crippen molar-refractivity contribution < 1.29 is 33.8 Å². The number of alkyl carbamates (subject to hydrolysis) is 1. The van der Waals surface area contributed by atoms with Gasteiger partial charge in [-0.1, -0.05) is 62.4 Å². The highest BCUT2D eigenvalue weighted by molar-refractivity contribution is 5.87. The fourth-order valence-electron chi connectivity index (χ4n) is 4.15. The van der Waals surface area contributed by atoms with Gasteiger partial charge in [0, 0.05) is 18.9 Å². The number of ether oxygens (including phenoxy) is 2. The van der Waals surface area contributed by atoms with E-state index in [2.05, 4.69) is 27.5 Å². The molecule has 1 aliphatic carbocycles. The summed E-state index contributed by atoms with van der Waals surface area (Å²) in [6.07, 6.45) is -1.15. The third-order valence-corrected chi connectivity index (χ3v) is 5.93. The molecule has 0 bridgehead atoms. The Bertz CT molecular complexity index is 1070. The van der Waals surface area contributed by atoms with E-state index in [1.165, 1.54) is 0 Å². The van der Waals surface area contributed by atoms with Crippen LogP contribution in [0.4, 0.5) is 4.79 Å². The number of rotatable bonds is 10. The fourth-order valence-corrected chi connectivity index (χ4v) is 4.15. The topological polar surface area (TPSA) is 131 Å². The van der Waals surface area contributed by atoms with Crippen molar-refractivity contribution in [1.82, 2.24) is 10.6 Å². The van der Waals surface area contributed by atoms with Crippen molar-refractivity contribution in [2.75, 3.05) is 20.3 Å². The van der Waals surface area contributed by atoms with Crippen LogP contribution in [0.1, 0.15) is 43.7 Å². The highest BCUT2D eigenvalue weighted by Crippen LogP contribution is 2.44. The smallest absolute Gasteiger partial charge is 0.407 e. The second kappa shape index (κ2) is 11.0. The molecule has 0 saturated carbocycles.